The molecule has 1 amide bonds. The second kappa shape index (κ2) is 7.74. The van der Waals surface area contributed by atoms with Gasteiger partial charge in [0.25, 0.3) is 5.91 Å². The van der Waals surface area contributed by atoms with E-state index >= 15 is 0 Å². The molecule has 4 heterocycles. The fourth-order valence-corrected chi connectivity index (χ4v) is 2.54. The normalized spacial score (nSPS) is 10.8. The smallest absolute Gasteiger partial charge is 0.273 e. The average Bonchev–Trinajstić information content (AvgIpc) is 3.46. The lowest BCUT2D eigenvalue weighted by Crippen LogP contribution is -2.29. The molecule has 10 nitrogen and oxygen atoms in total. The highest BCUT2D eigenvalue weighted by Crippen LogP contribution is 2.20. The van der Waals surface area contributed by atoms with Gasteiger partial charge in [-0.2, -0.15) is 5.10 Å². The third-order valence-corrected chi connectivity index (χ3v) is 3.79. The molecule has 0 atom stereocenters. The van der Waals surface area contributed by atoms with Crippen LogP contribution in [0.2, 0.25) is 0 Å². The highest BCUT2D eigenvalue weighted by Gasteiger charge is 2.14. The number of furan rings is 1. The lowest BCUT2D eigenvalue weighted by molar-refractivity contribution is 0.0946. The molecule has 0 radical (unpaired) electrons. The van der Waals surface area contributed by atoms with E-state index in [9.17, 15) is 4.79 Å². The fourth-order valence-electron chi connectivity index (χ4n) is 2.54. The van der Waals surface area contributed by atoms with Gasteiger partial charge in [0.2, 0.25) is 5.76 Å². The lowest BCUT2D eigenvalue weighted by Gasteiger charge is -2.09. The van der Waals surface area contributed by atoms with Gasteiger partial charge in [0, 0.05) is 37.6 Å². The summed E-state index contributed by atoms with van der Waals surface area (Å²) in [5, 5.41) is 13.8. The summed E-state index contributed by atoms with van der Waals surface area (Å²) in [6.45, 7) is 2.66. The molecule has 0 aliphatic rings. The molecule has 0 aliphatic carbocycles. The molecule has 4 rings (SSSR count). The first kappa shape index (κ1) is 17.5. The van der Waals surface area contributed by atoms with E-state index in [4.69, 9.17) is 8.94 Å². The van der Waals surface area contributed by atoms with Crippen molar-refractivity contribution >= 4 is 11.7 Å². The monoisotopic (exact) mass is 379 g/mol. The van der Waals surface area contributed by atoms with Gasteiger partial charge in [-0.1, -0.05) is 5.16 Å². The molecule has 2 N–H and O–H groups in total. The fraction of sp³-hybridized carbons (Fsp3) is 0.167. The van der Waals surface area contributed by atoms with Crippen molar-refractivity contribution in [1.29, 1.82) is 0 Å². The third-order valence-electron chi connectivity index (χ3n) is 3.79. The zero-order valence-corrected chi connectivity index (χ0v) is 15.0. The van der Waals surface area contributed by atoms with Gasteiger partial charge in [-0.05, 0) is 25.1 Å². The van der Waals surface area contributed by atoms with Crippen molar-refractivity contribution in [1.82, 2.24) is 30.2 Å². The first-order valence-electron chi connectivity index (χ1n) is 8.57. The SMILES string of the molecule is Cc1nc(NCCNC(=O)c2cc(-c3ccco3)on2)cc(-n2cccn2)n1. The van der Waals surface area contributed by atoms with E-state index in [1.807, 2.05) is 6.07 Å². The Morgan fingerprint density at radius 2 is 2.11 bits per heavy atom. The van der Waals surface area contributed by atoms with Crippen LogP contribution in [0.3, 0.4) is 0 Å². The second-order valence-corrected chi connectivity index (χ2v) is 5.85. The van der Waals surface area contributed by atoms with Crippen LogP contribution in [0.5, 0.6) is 0 Å². The van der Waals surface area contributed by atoms with E-state index in [-0.39, 0.29) is 11.6 Å². The van der Waals surface area contributed by atoms with Gasteiger partial charge in [-0.15, -0.1) is 0 Å². The van der Waals surface area contributed by atoms with Crippen molar-refractivity contribution in [2.45, 2.75) is 6.92 Å². The molecular weight excluding hydrogens is 362 g/mol. The van der Waals surface area contributed by atoms with Crippen molar-refractivity contribution < 1.29 is 13.7 Å². The summed E-state index contributed by atoms with van der Waals surface area (Å²) < 4.78 is 12.0. The number of hydrogen-bond donors (Lipinski definition) is 2. The molecule has 0 fully saturated rings. The summed E-state index contributed by atoms with van der Waals surface area (Å²) in [5.74, 6) is 2.51. The van der Waals surface area contributed by atoms with E-state index in [0.29, 0.717) is 42.1 Å². The molecule has 0 bridgehead atoms. The Labute approximate surface area is 159 Å². The van der Waals surface area contributed by atoms with E-state index in [1.54, 1.807) is 42.2 Å². The average molecular weight is 379 g/mol. The Hall–Kier alpha value is -3.95. The number of rotatable bonds is 7. The van der Waals surface area contributed by atoms with Crippen molar-refractivity contribution in [2.75, 3.05) is 18.4 Å². The summed E-state index contributed by atoms with van der Waals surface area (Å²) in [5.41, 5.74) is 0.185. The minimum Gasteiger partial charge on any atom is -0.461 e. The maximum Gasteiger partial charge on any atom is 0.273 e. The van der Waals surface area contributed by atoms with Crippen LogP contribution in [0.4, 0.5) is 5.82 Å². The topological polar surface area (TPSA) is 124 Å². The number of nitrogens with zero attached hydrogens (tertiary/aromatic N) is 5. The summed E-state index contributed by atoms with van der Waals surface area (Å²) in [6.07, 6.45) is 5.01. The zero-order valence-electron chi connectivity index (χ0n) is 15.0. The van der Waals surface area contributed by atoms with Gasteiger partial charge >= 0.3 is 0 Å². The maximum absolute atomic E-state index is 12.2. The van der Waals surface area contributed by atoms with Gasteiger partial charge in [-0.3, -0.25) is 4.79 Å². The Kier molecular flexibility index (Phi) is 4.83. The van der Waals surface area contributed by atoms with Crippen LogP contribution >= 0.6 is 0 Å². The van der Waals surface area contributed by atoms with Crippen LogP contribution < -0.4 is 10.6 Å². The quantitative estimate of drug-likeness (QED) is 0.468. The predicted octanol–water partition coefficient (Wildman–Crippen LogP) is 2.06. The minimum atomic E-state index is -0.334. The maximum atomic E-state index is 12.2. The molecule has 4 aromatic rings. The zero-order chi connectivity index (χ0) is 19.3. The Balaban J connectivity index is 1.31. The van der Waals surface area contributed by atoms with E-state index in [0.717, 1.165) is 0 Å². The largest absolute Gasteiger partial charge is 0.461 e. The molecule has 0 saturated heterocycles. The van der Waals surface area contributed by atoms with E-state index in [1.165, 1.54) is 12.3 Å². The Morgan fingerprint density at radius 3 is 2.89 bits per heavy atom. The standard InChI is InChI=1S/C18H17N7O3/c1-12-22-16(11-17(23-12)25-8-3-5-21-25)19-6-7-20-18(26)13-10-15(28-24-13)14-4-2-9-27-14/h2-5,8-11H,6-7H2,1H3,(H,20,26)(H,19,22,23). The Morgan fingerprint density at radius 1 is 1.18 bits per heavy atom. The van der Waals surface area contributed by atoms with Crippen molar-refractivity contribution in [3.05, 3.63) is 60.5 Å². The first-order valence-corrected chi connectivity index (χ1v) is 8.57. The number of hydrogen-bond acceptors (Lipinski definition) is 8. The highest BCUT2D eigenvalue weighted by atomic mass is 16.5. The summed E-state index contributed by atoms with van der Waals surface area (Å²) in [6, 6.07) is 8.60. The van der Waals surface area contributed by atoms with Crippen LogP contribution in [-0.4, -0.2) is 43.9 Å². The van der Waals surface area contributed by atoms with Crippen LogP contribution in [0.15, 0.2) is 57.9 Å². The molecule has 0 saturated carbocycles. The third kappa shape index (κ3) is 3.90. The number of carbonyl (C=O) groups excluding carboxylic acids is 1. The molecule has 142 valence electrons. The van der Waals surface area contributed by atoms with Crippen molar-refractivity contribution in [2.24, 2.45) is 0 Å². The molecule has 4 aromatic heterocycles. The highest BCUT2D eigenvalue weighted by molar-refractivity contribution is 5.92. The van der Waals surface area contributed by atoms with Gasteiger partial charge in [0.1, 0.15) is 11.6 Å². The molecular formula is C18H17N7O3. The summed E-state index contributed by atoms with van der Waals surface area (Å²) in [7, 11) is 0. The number of carbonyl (C=O) groups is 1. The van der Waals surface area contributed by atoms with Gasteiger partial charge < -0.3 is 19.6 Å². The summed E-state index contributed by atoms with van der Waals surface area (Å²) in [4.78, 5) is 20.9. The molecule has 28 heavy (non-hydrogen) atoms. The molecule has 0 spiro atoms. The van der Waals surface area contributed by atoms with Crippen molar-refractivity contribution in [3.63, 3.8) is 0 Å². The van der Waals surface area contributed by atoms with Crippen LogP contribution in [0, 0.1) is 6.92 Å². The predicted molar refractivity (Wildman–Crippen MR) is 98.9 cm³/mol. The van der Waals surface area contributed by atoms with Crippen LogP contribution in [0.25, 0.3) is 17.3 Å². The van der Waals surface area contributed by atoms with Gasteiger partial charge in [-0.25, -0.2) is 14.6 Å². The molecule has 0 aromatic carbocycles. The number of aromatic nitrogens is 5. The minimum absolute atomic E-state index is 0.185. The van der Waals surface area contributed by atoms with E-state index in [2.05, 4.69) is 30.9 Å². The molecule has 10 heteroatoms. The number of anilines is 1. The van der Waals surface area contributed by atoms with Crippen molar-refractivity contribution in [3.8, 4) is 17.3 Å². The number of aryl methyl sites for hydroxylation is 1. The molecule has 0 unspecified atom stereocenters. The van der Waals surface area contributed by atoms with E-state index < -0.39 is 0 Å². The first-order chi connectivity index (χ1) is 13.7. The van der Waals surface area contributed by atoms with Crippen LogP contribution in [0.1, 0.15) is 16.3 Å². The Bertz CT molecular complexity index is 1060. The second-order valence-electron chi connectivity index (χ2n) is 5.85. The van der Waals surface area contributed by atoms with Gasteiger partial charge in [0.15, 0.2) is 17.3 Å². The lowest BCUT2D eigenvalue weighted by atomic mass is 10.3. The molecule has 0 aliphatic heterocycles. The summed E-state index contributed by atoms with van der Waals surface area (Å²) >= 11 is 0. The number of nitrogens with one attached hydrogen (secondary N) is 2. The number of amides is 1. The van der Waals surface area contributed by atoms with Crippen LogP contribution in [-0.2, 0) is 0 Å². The van der Waals surface area contributed by atoms with Gasteiger partial charge in [0.05, 0.1) is 6.26 Å².